The van der Waals surface area contributed by atoms with Gasteiger partial charge in [0, 0.05) is 36.3 Å². The highest BCUT2D eigenvalue weighted by Crippen LogP contribution is 2.28. The first-order valence-electron chi connectivity index (χ1n) is 8.25. The topological polar surface area (TPSA) is 103 Å². The molecule has 0 bridgehead atoms. The second-order valence-electron chi connectivity index (χ2n) is 6.90. The lowest BCUT2D eigenvalue weighted by Crippen LogP contribution is -2.22. The van der Waals surface area contributed by atoms with E-state index in [1.54, 1.807) is 26.3 Å². The highest BCUT2D eigenvalue weighted by molar-refractivity contribution is 6.10. The van der Waals surface area contributed by atoms with E-state index in [0.717, 1.165) is 10.9 Å². The average molecular weight is 346 g/mol. The first kappa shape index (κ1) is 17.3. The number of nitrogens with one attached hydrogen (secondary N) is 1. The van der Waals surface area contributed by atoms with Crippen LogP contribution >= 0.6 is 0 Å². The monoisotopic (exact) mass is 346 g/mol. The van der Waals surface area contributed by atoms with E-state index in [0.29, 0.717) is 36.5 Å². The summed E-state index contributed by atoms with van der Waals surface area (Å²) in [6.45, 7) is 4.63. The molecule has 25 heavy (non-hydrogen) atoms. The van der Waals surface area contributed by atoms with Crippen LogP contribution in [0.2, 0.25) is 0 Å². The molecule has 7 nitrogen and oxygen atoms in total. The normalized spacial score (nSPS) is 19.4. The minimum Gasteiger partial charge on any atom is -0.404 e. The molecule has 2 aromatic heterocycles. The van der Waals surface area contributed by atoms with Crippen LogP contribution in [0.15, 0.2) is 23.5 Å². The molecule has 0 aromatic carbocycles. The Balaban J connectivity index is 1.89. The first-order valence-corrected chi connectivity index (χ1v) is 8.25. The number of alkyl halides is 1. The number of anilines is 1. The van der Waals surface area contributed by atoms with Gasteiger partial charge in [0.05, 0.1) is 24.1 Å². The van der Waals surface area contributed by atoms with Crippen molar-refractivity contribution in [2.45, 2.75) is 32.0 Å². The quantitative estimate of drug-likeness (QED) is 0.714. The van der Waals surface area contributed by atoms with E-state index in [9.17, 15) is 9.50 Å². The van der Waals surface area contributed by atoms with E-state index < -0.39 is 11.8 Å². The lowest BCUT2D eigenvalue weighted by molar-refractivity contribution is 0.0906. The van der Waals surface area contributed by atoms with Crippen molar-refractivity contribution >= 4 is 28.6 Å². The molecule has 2 aromatic rings. The van der Waals surface area contributed by atoms with Gasteiger partial charge in [0.25, 0.3) is 0 Å². The summed E-state index contributed by atoms with van der Waals surface area (Å²) in [5.41, 5.74) is 6.97. The maximum Gasteiger partial charge on any atom is 0.160 e. The van der Waals surface area contributed by atoms with Gasteiger partial charge in [0.2, 0.25) is 0 Å². The van der Waals surface area contributed by atoms with Crippen LogP contribution in [0.1, 0.15) is 25.8 Å². The van der Waals surface area contributed by atoms with Crippen LogP contribution < -0.4 is 10.6 Å². The van der Waals surface area contributed by atoms with Gasteiger partial charge in [-0.25, -0.2) is 9.37 Å². The van der Waals surface area contributed by atoms with E-state index in [1.807, 2.05) is 11.0 Å². The summed E-state index contributed by atoms with van der Waals surface area (Å²) >= 11 is 0. The Bertz CT molecular complexity index is 807. The van der Waals surface area contributed by atoms with Gasteiger partial charge in [-0.15, -0.1) is 0 Å². The zero-order valence-corrected chi connectivity index (χ0v) is 14.4. The molecule has 8 heteroatoms. The van der Waals surface area contributed by atoms with Crippen LogP contribution in [0.5, 0.6) is 0 Å². The van der Waals surface area contributed by atoms with Crippen molar-refractivity contribution in [3.8, 4) is 0 Å². The van der Waals surface area contributed by atoms with E-state index in [2.05, 4.69) is 20.2 Å². The smallest absolute Gasteiger partial charge is 0.160 e. The van der Waals surface area contributed by atoms with Crippen LogP contribution in [0, 0.1) is 0 Å². The van der Waals surface area contributed by atoms with Crippen LogP contribution in [0.4, 0.5) is 10.2 Å². The number of fused-ring (bicyclic) bond motifs is 1. The number of H-pyrrole nitrogens is 1. The Morgan fingerprint density at radius 1 is 1.60 bits per heavy atom. The number of hydrogen-bond acceptors (Lipinski definition) is 6. The summed E-state index contributed by atoms with van der Waals surface area (Å²) in [7, 11) is 0. The van der Waals surface area contributed by atoms with E-state index in [1.165, 1.54) is 6.20 Å². The Kier molecular flexibility index (Phi) is 4.71. The van der Waals surface area contributed by atoms with Gasteiger partial charge in [-0.3, -0.25) is 10.1 Å². The lowest BCUT2D eigenvalue weighted by Gasteiger charge is -2.14. The number of nitrogens with zero attached hydrogens (tertiary/aromatic N) is 4. The van der Waals surface area contributed by atoms with Gasteiger partial charge >= 0.3 is 0 Å². The van der Waals surface area contributed by atoms with Crippen molar-refractivity contribution in [2.24, 2.45) is 10.7 Å². The first-order chi connectivity index (χ1) is 11.9. The number of pyridine rings is 1. The second-order valence-corrected chi connectivity index (χ2v) is 6.90. The molecule has 3 rings (SSSR count). The molecule has 0 saturated carbocycles. The number of rotatable bonds is 5. The summed E-state index contributed by atoms with van der Waals surface area (Å²) in [6.07, 6.45) is 4.44. The zero-order chi connectivity index (χ0) is 18.0. The Morgan fingerprint density at radius 3 is 3.04 bits per heavy atom. The Morgan fingerprint density at radius 2 is 2.40 bits per heavy atom. The van der Waals surface area contributed by atoms with Crippen LogP contribution in [0.3, 0.4) is 0 Å². The predicted octanol–water partition coefficient (Wildman–Crippen LogP) is 1.65. The molecular formula is C17H23FN6O. The highest BCUT2D eigenvalue weighted by atomic mass is 19.1. The molecule has 1 fully saturated rings. The lowest BCUT2D eigenvalue weighted by atomic mass is 10.1. The molecule has 0 radical (unpaired) electrons. The molecule has 1 aliphatic heterocycles. The van der Waals surface area contributed by atoms with Gasteiger partial charge in [0.1, 0.15) is 6.17 Å². The summed E-state index contributed by atoms with van der Waals surface area (Å²) in [4.78, 5) is 10.5. The van der Waals surface area contributed by atoms with Gasteiger partial charge in [-0.2, -0.15) is 5.10 Å². The second kappa shape index (κ2) is 6.79. The van der Waals surface area contributed by atoms with Gasteiger partial charge < -0.3 is 15.7 Å². The van der Waals surface area contributed by atoms with Gasteiger partial charge in [-0.05, 0) is 26.3 Å². The molecule has 4 N–H and O–H groups in total. The molecule has 0 spiro atoms. The number of halogens is 1. The van der Waals surface area contributed by atoms with Crippen molar-refractivity contribution in [3.63, 3.8) is 0 Å². The van der Waals surface area contributed by atoms with Gasteiger partial charge in [-0.1, -0.05) is 0 Å². The standard InChI is InChI=1S/C17H23FN6O/c1-17(2,25)10-20-7-12(6-19)11-5-14-15(21-8-11)22-23-16(14)24-4-3-13(18)9-24/h5-8,13,25H,3-4,9-10,19H2,1-2H3,(H,21,22,23). The van der Waals surface area contributed by atoms with E-state index in [-0.39, 0.29) is 6.54 Å². The SMILES string of the molecule is CC(C)(O)CN=CC(=CN)c1cnc2[nH]nc(N3CCC(F)C3)c2c1. The maximum absolute atomic E-state index is 13.5. The average Bonchev–Trinajstić information content (AvgIpc) is 3.15. The van der Waals surface area contributed by atoms with E-state index >= 15 is 0 Å². The van der Waals surface area contributed by atoms with Crippen LogP contribution in [-0.4, -0.2) is 57.9 Å². The molecule has 3 heterocycles. The summed E-state index contributed by atoms with van der Waals surface area (Å²) < 4.78 is 13.5. The van der Waals surface area contributed by atoms with Crippen LogP contribution in [-0.2, 0) is 0 Å². The van der Waals surface area contributed by atoms with Crippen molar-refractivity contribution in [3.05, 3.63) is 24.0 Å². The summed E-state index contributed by atoms with van der Waals surface area (Å²) in [5.74, 6) is 0.703. The number of allylic oxidation sites excluding steroid dienone is 1. The number of aliphatic imine (C=N–C) groups is 1. The Hall–Kier alpha value is -2.48. The molecule has 1 unspecified atom stereocenters. The fourth-order valence-corrected chi connectivity index (χ4v) is 2.78. The van der Waals surface area contributed by atoms with Crippen molar-refractivity contribution in [1.82, 2.24) is 15.2 Å². The molecule has 1 saturated heterocycles. The third kappa shape index (κ3) is 3.96. The fraction of sp³-hybridized carbons (Fsp3) is 0.471. The minimum absolute atomic E-state index is 0.267. The molecule has 0 amide bonds. The van der Waals surface area contributed by atoms with Crippen LogP contribution in [0.25, 0.3) is 16.6 Å². The number of aliphatic hydroxyl groups is 1. The van der Waals surface area contributed by atoms with Crippen molar-refractivity contribution in [1.29, 1.82) is 0 Å². The minimum atomic E-state index is -0.880. The summed E-state index contributed by atoms with van der Waals surface area (Å²) in [6, 6.07) is 1.92. The number of aromatic amines is 1. The number of nitrogens with two attached hydrogens (primary N) is 1. The van der Waals surface area contributed by atoms with Gasteiger partial charge in [0.15, 0.2) is 11.5 Å². The van der Waals surface area contributed by atoms with Crippen molar-refractivity contribution < 1.29 is 9.50 Å². The molecular weight excluding hydrogens is 323 g/mol. The number of hydrogen-bond donors (Lipinski definition) is 3. The Labute approximate surface area is 145 Å². The van der Waals surface area contributed by atoms with E-state index in [4.69, 9.17) is 5.73 Å². The molecule has 134 valence electrons. The maximum atomic E-state index is 13.5. The van der Waals surface area contributed by atoms with Crippen molar-refractivity contribution in [2.75, 3.05) is 24.5 Å². The molecule has 1 aliphatic rings. The number of aromatic nitrogens is 3. The largest absolute Gasteiger partial charge is 0.404 e. The summed E-state index contributed by atoms with van der Waals surface area (Å²) in [5, 5.41) is 17.7. The zero-order valence-electron chi connectivity index (χ0n) is 14.4. The molecule has 1 atom stereocenters. The predicted molar refractivity (Wildman–Crippen MR) is 97.4 cm³/mol. The third-order valence-electron chi connectivity index (χ3n) is 4.05. The molecule has 0 aliphatic carbocycles. The third-order valence-corrected chi connectivity index (χ3v) is 4.05. The highest BCUT2D eigenvalue weighted by Gasteiger charge is 2.25. The fourth-order valence-electron chi connectivity index (χ4n) is 2.78.